The summed E-state index contributed by atoms with van der Waals surface area (Å²) in [5, 5.41) is 1.07. The van der Waals surface area contributed by atoms with E-state index in [9.17, 15) is 9.59 Å². The summed E-state index contributed by atoms with van der Waals surface area (Å²) in [6.07, 6.45) is 0. The van der Waals surface area contributed by atoms with Crippen LogP contribution in [0.1, 0.15) is 22.8 Å². The van der Waals surface area contributed by atoms with Gasteiger partial charge in [0.2, 0.25) is 5.17 Å². The van der Waals surface area contributed by atoms with Crippen LogP contribution in [0, 0.1) is 0 Å². The van der Waals surface area contributed by atoms with E-state index in [1.807, 2.05) is 36.4 Å². The molecule has 122 valence electrons. The summed E-state index contributed by atoms with van der Waals surface area (Å²) in [4.78, 5) is 34.1. The fourth-order valence-electron chi connectivity index (χ4n) is 2.15. The molecular weight excluding hydrogens is 324 g/mol. The van der Waals surface area contributed by atoms with Crippen LogP contribution in [0.5, 0.6) is 0 Å². The molecule has 2 amide bonds. The maximum absolute atomic E-state index is 12.2. The standard InChI is InChI=1S/C18H16N2O3S/c1-13-17(22)20(23-12-14-8-4-2-5-9-14)18(24-13)19-16(21)15-10-6-3-7-11-15/h2-11,13H,12H2,1H3. The molecule has 0 N–H and O–H groups in total. The average Bonchev–Trinajstić information content (AvgIpc) is 2.88. The van der Waals surface area contributed by atoms with E-state index in [0.29, 0.717) is 5.56 Å². The van der Waals surface area contributed by atoms with Crippen molar-refractivity contribution in [3.63, 3.8) is 0 Å². The van der Waals surface area contributed by atoms with E-state index < -0.39 is 5.91 Å². The minimum Gasteiger partial charge on any atom is -0.271 e. The molecule has 1 aliphatic heterocycles. The van der Waals surface area contributed by atoms with E-state index in [1.54, 1.807) is 31.2 Å². The molecule has 0 aromatic heterocycles. The molecule has 24 heavy (non-hydrogen) atoms. The van der Waals surface area contributed by atoms with Crippen molar-refractivity contribution in [1.82, 2.24) is 5.06 Å². The maximum atomic E-state index is 12.2. The van der Waals surface area contributed by atoms with Gasteiger partial charge in [-0.15, -0.1) is 0 Å². The molecule has 3 rings (SSSR count). The Morgan fingerprint density at radius 3 is 2.42 bits per heavy atom. The van der Waals surface area contributed by atoms with Gasteiger partial charge in [-0.25, -0.2) is 0 Å². The van der Waals surface area contributed by atoms with Crippen molar-refractivity contribution in [3.05, 3.63) is 71.8 Å². The second-order valence-corrected chi connectivity index (χ2v) is 6.53. The molecule has 0 saturated carbocycles. The number of benzene rings is 2. The van der Waals surface area contributed by atoms with Crippen LogP contribution >= 0.6 is 11.8 Å². The van der Waals surface area contributed by atoms with Crippen molar-refractivity contribution in [3.8, 4) is 0 Å². The van der Waals surface area contributed by atoms with Crippen LogP contribution in [0.2, 0.25) is 0 Å². The summed E-state index contributed by atoms with van der Waals surface area (Å²) in [7, 11) is 0. The number of hydrogen-bond acceptors (Lipinski definition) is 4. The summed E-state index contributed by atoms with van der Waals surface area (Å²) in [5.41, 5.74) is 1.41. The largest absolute Gasteiger partial charge is 0.279 e. The van der Waals surface area contributed by atoms with Crippen LogP contribution in [0.3, 0.4) is 0 Å². The topological polar surface area (TPSA) is 59.0 Å². The Balaban J connectivity index is 1.76. The third-order valence-corrected chi connectivity index (χ3v) is 4.45. The van der Waals surface area contributed by atoms with Crippen LogP contribution < -0.4 is 0 Å². The number of carbonyl (C=O) groups is 2. The van der Waals surface area contributed by atoms with Gasteiger partial charge in [-0.1, -0.05) is 60.3 Å². The maximum Gasteiger partial charge on any atom is 0.279 e. The molecule has 2 aromatic rings. The van der Waals surface area contributed by atoms with Gasteiger partial charge < -0.3 is 0 Å². The number of thioether (sulfide) groups is 1. The van der Waals surface area contributed by atoms with Gasteiger partial charge in [-0.3, -0.25) is 14.4 Å². The zero-order valence-corrected chi connectivity index (χ0v) is 13.9. The first-order chi connectivity index (χ1) is 11.6. The number of amidine groups is 1. The fraction of sp³-hybridized carbons (Fsp3) is 0.167. The smallest absolute Gasteiger partial charge is 0.271 e. The summed E-state index contributed by atoms with van der Waals surface area (Å²) < 4.78 is 0. The Labute approximate surface area is 144 Å². The van der Waals surface area contributed by atoms with Gasteiger partial charge in [0.1, 0.15) is 6.61 Å². The Morgan fingerprint density at radius 1 is 1.12 bits per heavy atom. The second-order valence-electron chi connectivity index (χ2n) is 5.22. The molecule has 0 radical (unpaired) electrons. The van der Waals surface area contributed by atoms with Gasteiger partial charge in [0.15, 0.2) is 0 Å². The lowest BCUT2D eigenvalue weighted by molar-refractivity contribution is -0.163. The highest BCUT2D eigenvalue weighted by Gasteiger charge is 2.37. The van der Waals surface area contributed by atoms with Crippen molar-refractivity contribution in [2.75, 3.05) is 0 Å². The highest BCUT2D eigenvalue weighted by Crippen LogP contribution is 2.28. The van der Waals surface area contributed by atoms with Gasteiger partial charge in [-0.2, -0.15) is 10.1 Å². The number of hydrogen-bond donors (Lipinski definition) is 0. The Hall–Kier alpha value is -2.44. The number of rotatable bonds is 4. The third kappa shape index (κ3) is 3.72. The number of amides is 2. The van der Waals surface area contributed by atoms with Crippen molar-refractivity contribution >= 4 is 28.7 Å². The van der Waals surface area contributed by atoms with Crippen LogP contribution in [0.25, 0.3) is 0 Å². The van der Waals surface area contributed by atoms with E-state index in [4.69, 9.17) is 4.84 Å². The van der Waals surface area contributed by atoms with Crippen LogP contribution in [-0.4, -0.2) is 27.3 Å². The highest BCUT2D eigenvalue weighted by molar-refractivity contribution is 8.15. The number of nitrogens with zero attached hydrogens (tertiary/aromatic N) is 2. The highest BCUT2D eigenvalue weighted by atomic mass is 32.2. The van der Waals surface area contributed by atoms with Gasteiger partial charge in [0.25, 0.3) is 11.8 Å². The molecule has 0 bridgehead atoms. The first kappa shape index (κ1) is 16.4. The van der Waals surface area contributed by atoms with Gasteiger partial charge in [0, 0.05) is 5.56 Å². The van der Waals surface area contributed by atoms with Gasteiger partial charge >= 0.3 is 0 Å². The molecule has 1 atom stereocenters. The van der Waals surface area contributed by atoms with Crippen molar-refractivity contribution in [2.45, 2.75) is 18.8 Å². The molecular formula is C18H16N2O3S. The second kappa shape index (κ2) is 7.42. The lowest BCUT2D eigenvalue weighted by Gasteiger charge is -2.15. The predicted molar refractivity (Wildman–Crippen MR) is 93.3 cm³/mol. The van der Waals surface area contributed by atoms with Crippen molar-refractivity contribution in [2.24, 2.45) is 4.99 Å². The van der Waals surface area contributed by atoms with Crippen LogP contribution in [0.4, 0.5) is 0 Å². The third-order valence-electron chi connectivity index (χ3n) is 3.42. The number of carbonyl (C=O) groups excluding carboxylic acids is 2. The molecule has 1 aliphatic rings. The van der Waals surface area contributed by atoms with E-state index in [0.717, 1.165) is 10.6 Å². The lowest BCUT2D eigenvalue weighted by atomic mass is 10.2. The lowest BCUT2D eigenvalue weighted by Crippen LogP contribution is -2.32. The van der Waals surface area contributed by atoms with E-state index in [2.05, 4.69) is 4.99 Å². The molecule has 1 fully saturated rings. The van der Waals surface area contributed by atoms with Gasteiger partial charge in [-0.05, 0) is 24.6 Å². The fourth-order valence-corrected chi connectivity index (χ4v) is 3.04. The van der Waals surface area contributed by atoms with E-state index in [1.165, 1.54) is 11.8 Å². The molecule has 2 aromatic carbocycles. The zero-order valence-electron chi connectivity index (χ0n) is 13.1. The van der Waals surface area contributed by atoms with E-state index in [-0.39, 0.29) is 22.9 Å². The number of aliphatic imine (C=N–C) groups is 1. The summed E-state index contributed by atoms with van der Waals surface area (Å²) in [6.45, 7) is 2.00. The molecule has 6 heteroatoms. The van der Waals surface area contributed by atoms with Crippen molar-refractivity contribution < 1.29 is 14.4 Å². The average molecular weight is 340 g/mol. The summed E-state index contributed by atoms with van der Waals surface area (Å²) >= 11 is 1.22. The minimum absolute atomic E-state index is 0.212. The quantitative estimate of drug-likeness (QED) is 0.857. The first-order valence-corrected chi connectivity index (χ1v) is 8.38. The zero-order chi connectivity index (χ0) is 16.9. The SMILES string of the molecule is CC1SC(=NC(=O)c2ccccc2)N(OCc2ccccc2)C1=O. The van der Waals surface area contributed by atoms with Gasteiger partial charge in [0.05, 0.1) is 5.25 Å². The Morgan fingerprint density at radius 2 is 1.75 bits per heavy atom. The Bertz CT molecular complexity index is 762. The Kier molecular flexibility index (Phi) is 5.08. The van der Waals surface area contributed by atoms with Crippen LogP contribution in [0.15, 0.2) is 65.7 Å². The number of hydroxylamine groups is 2. The molecule has 1 unspecified atom stereocenters. The molecule has 0 spiro atoms. The normalized spacial score (nSPS) is 19.0. The first-order valence-electron chi connectivity index (χ1n) is 7.50. The molecule has 5 nitrogen and oxygen atoms in total. The van der Waals surface area contributed by atoms with E-state index >= 15 is 0 Å². The molecule has 0 aliphatic carbocycles. The van der Waals surface area contributed by atoms with Crippen LogP contribution in [-0.2, 0) is 16.2 Å². The summed E-state index contributed by atoms with van der Waals surface area (Å²) in [5.74, 6) is -0.608. The molecule has 1 heterocycles. The van der Waals surface area contributed by atoms with Crippen molar-refractivity contribution in [1.29, 1.82) is 0 Å². The minimum atomic E-state index is -0.395. The predicted octanol–water partition coefficient (Wildman–Crippen LogP) is 3.28. The monoisotopic (exact) mass is 340 g/mol. The summed E-state index contributed by atoms with van der Waals surface area (Å²) in [6, 6.07) is 18.3. The molecule has 1 saturated heterocycles.